The number of para-hydroxylation sites is 1. The predicted molar refractivity (Wildman–Crippen MR) is 89.8 cm³/mol. The maximum Gasteiger partial charge on any atom is 0.270 e. The number of ether oxygens (including phenoxy) is 2. The Labute approximate surface area is 139 Å². The number of rotatable bonds is 5. The van der Waals surface area contributed by atoms with Crippen molar-refractivity contribution < 1.29 is 19.4 Å². The molecule has 0 saturated heterocycles. The van der Waals surface area contributed by atoms with E-state index in [1.54, 1.807) is 54.6 Å². The lowest BCUT2D eigenvalue weighted by Crippen LogP contribution is -2.15. The number of aliphatic hydroxyl groups excluding tert-OH is 1. The van der Waals surface area contributed by atoms with E-state index in [2.05, 4.69) is 5.32 Å². The average molecular weight is 324 g/mol. The third kappa shape index (κ3) is 3.65. The van der Waals surface area contributed by atoms with Crippen LogP contribution in [0.25, 0.3) is 5.76 Å². The van der Waals surface area contributed by atoms with Gasteiger partial charge < -0.3 is 19.9 Å². The lowest BCUT2D eigenvalue weighted by atomic mass is 10.1. The van der Waals surface area contributed by atoms with Crippen molar-refractivity contribution in [1.82, 2.24) is 0 Å². The Bertz CT molecular complexity index is 805. The van der Waals surface area contributed by atoms with Crippen molar-refractivity contribution in [1.29, 1.82) is 5.26 Å². The molecule has 0 saturated carbocycles. The van der Waals surface area contributed by atoms with Crippen molar-refractivity contribution in [3.05, 3.63) is 59.7 Å². The highest BCUT2D eigenvalue weighted by molar-refractivity contribution is 6.11. The van der Waals surface area contributed by atoms with Gasteiger partial charge in [0.25, 0.3) is 5.91 Å². The summed E-state index contributed by atoms with van der Waals surface area (Å²) in [7, 11) is 2.98. The van der Waals surface area contributed by atoms with Gasteiger partial charge in [-0.25, -0.2) is 0 Å². The van der Waals surface area contributed by atoms with Crippen LogP contribution in [0, 0.1) is 11.3 Å². The number of amides is 1. The van der Waals surface area contributed by atoms with Crippen LogP contribution < -0.4 is 14.8 Å². The first-order valence-corrected chi connectivity index (χ1v) is 7.02. The summed E-state index contributed by atoms with van der Waals surface area (Å²) in [6.07, 6.45) is 0. The molecule has 0 atom stereocenters. The Kier molecular flexibility index (Phi) is 5.42. The van der Waals surface area contributed by atoms with Gasteiger partial charge >= 0.3 is 0 Å². The molecular formula is C18H16N2O4. The molecular weight excluding hydrogens is 308 g/mol. The molecule has 0 radical (unpaired) electrons. The van der Waals surface area contributed by atoms with E-state index >= 15 is 0 Å². The van der Waals surface area contributed by atoms with Crippen LogP contribution in [-0.4, -0.2) is 25.2 Å². The highest BCUT2D eigenvalue weighted by Gasteiger charge is 2.19. The van der Waals surface area contributed by atoms with Crippen molar-refractivity contribution in [2.75, 3.05) is 19.5 Å². The molecule has 24 heavy (non-hydrogen) atoms. The predicted octanol–water partition coefficient (Wildman–Crippen LogP) is 3.14. The highest BCUT2D eigenvalue weighted by Crippen LogP contribution is 2.26. The number of nitrogens with one attached hydrogen (secondary N) is 1. The zero-order valence-electron chi connectivity index (χ0n) is 13.2. The molecule has 2 N–H and O–H groups in total. The maximum atomic E-state index is 12.3. The number of carbonyl (C=O) groups is 1. The SMILES string of the molecule is COc1ccc(NC(=O)/C(C#N)=C(\O)c2ccccc2OC)cc1. The van der Waals surface area contributed by atoms with Crippen molar-refractivity contribution in [3.8, 4) is 17.6 Å². The van der Waals surface area contributed by atoms with Gasteiger partial charge in [0.05, 0.1) is 19.8 Å². The zero-order valence-corrected chi connectivity index (χ0v) is 13.2. The Morgan fingerprint density at radius 3 is 2.33 bits per heavy atom. The number of hydrogen-bond donors (Lipinski definition) is 2. The number of hydrogen-bond acceptors (Lipinski definition) is 5. The van der Waals surface area contributed by atoms with Gasteiger partial charge in [0.1, 0.15) is 23.3 Å². The molecule has 6 nitrogen and oxygen atoms in total. The van der Waals surface area contributed by atoms with Gasteiger partial charge in [-0.2, -0.15) is 5.26 Å². The van der Waals surface area contributed by atoms with Crippen LogP contribution >= 0.6 is 0 Å². The first-order chi connectivity index (χ1) is 11.6. The van der Waals surface area contributed by atoms with E-state index < -0.39 is 17.2 Å². The Balaban J connectivity index is 2.31. The smallest absolute Gasteiger partial charge is 0.270 e. The minimum Gasteiger partial charge on any atom is -0.506 e. The van der Waals surface area contributed by atoms with Gasteiger partial charge in [-0.15, -0.1) is 0 Å². The molecule has 0 heterocycles. The van der Waals surface area contributed by atoms with Gasteiger partial charge in [-0.05, 0) is 36.4 Å². The second-order valence-electron chi connectivity index (χ2n) is 4.72. The van der Waals surface area contributed by atoms with Crippen LogP contribution in [0.3, 0.4) is 0 Å². The Morgan fingerprint density at radius 2 is 1.75 bits per heavy atom. The summed E-state index contributed by atoms with van der Waals surface area (Å²) in [5.41, 5.74) is 0.332. The molecule has 2 aromatic rings. The van der Waals surface area contributed by atoms with Crippen molar-refractivity contribution in [2.45, 2.75) is 0 Å². The fourth-order valence-electron chi connectivity index (χ4n) is 2.05. The van der Waals surface area contributed by atoms with Crippen molar-refractivity contribution in [2.24, 2.45) is 0 Å². The van der Waals surface area contributed by atoms with Crippen LogP contribution in [0.2, 0.25) is 0 Å². The maximum absolute atomic E-state index is 12.3. The number of benzene rings is 2. The van der Waals surface area contributed by atoms with Gasteiger partial charge in [-0.1, -0.05) is 12.1 Å². The molecule has 122 valence electrons. The average Bonchev–Trinajstić information content (AvgIpc) is 2.62. The van der Waals surface area contributed by atoms with E-state index in [9.17, 15) is 15.2 Å². The fourth-order valence-corrected chi connectivity index (χ4v) is 2.05. The summed E-state index contributed by atoms with van der Waals surface area (Å²) >= 11 is 0. The van der Waals surface area contributed by atoms with Gasteiger partial charge in [0.2, 0.25) is 0 Å². The lowest BCUT2D eigenvalue weighted by molar-refractivity contribution is -0.112. The summed E-state index contributed by atoms with van der Waals surface area (Å²) < 4.78 is 10.2. The number of carbonyl (C=O) groups excluding carboxylic acids is 1. The molecule has 0 aliphatic heterocycles. The number of nitriles is 1. The number of methoxy groups -OCH3 is 2. The van der Waals surface area contributed by atoms with Crippen LogP contribution in [0.4, 0.5) is 5.69 Å². The summed E-state index contributed by atoms with van der Waals surface area (Å²) in [4.78, 5) is 12.3. The molecule has 2 aromatic carbocycles. The Hall–Kier alpha value is -3.46. The number of nitrogens with zero attached hydrogens (tertiary/aromatic N) is 1. The Morgan fingerprint density at radius 1 is 1.08 bits per heavy atom. The van der Waals surface area contributed by atoms with Crippen LogP contribution in [0.5, 0.6) is 11.5 Å². The summed E-state index contributed by atoms with van der Waals surface area (Å²) in [5, 5.41) is 22.1. The van der Waals surface area contributed by atoms with E-state index in [0.717, 1.165) is 0 Å². The summed E-state index contributed by atoms with van der Waals surface area (Å²) in [5.74, 6) is -0.159. The summed E-state index contributed by atoms with van der Waals surface area (Å²) in [6, 6.07) is 14.9. The monoisotopic (exact) mass is 324 g/mol. The lowest BCUT2D eigenvalue weighted by Gasteiger charge is -2.10. The summed E-state index contributed by atoms with van der Waals surface area (Å²) in [6.45, 7) is 0. The molecule has 0 aliphatic carbocycles. The van der Waals surface area contributed by atoms with Crippen LogP contribution in [-0.2, 0) is 4.79 Å². The first kappa shape index (κ1) is 16.9. The fraction of sp³-hybridized carbons (Fsp3) is 0.111. The second kappa shape index (κ2) is 7.70. The second-order valence-corrected chi connectivity index (χ2v) is 4.72. The molecule has 0 unspecified atom stereocenters. The molecule has 0 bridgehead atoms. The minimum atomic E-state index is -0.717. The molecule has 0 aromatic heterocycles. The number of aliphatic hydroxyl groups is 1. The third-order valence-corrected chi connectivity index (χ3v) is 3.29. The molecule has 6 heteroatoms. The largest absolute Gasteiger partial charge is 0.506 e. The third-order valence-electron chi connectivity index (χ3n) is 3.29. The van der Waals surface area contributed by atoms with E-state index in [4.69, 9.17) is 9.47 Å². The van der Waals surface area contributed by atoms with E-state index in [0.29, 0.717) is 17.2 Å². The van der Waals surface area contributed by atoms with Crippen molar-refractivity contribution >= 4 is 17.4 Å². The van der Waals surface area contributed by atoms with Gasteiger partial charge in [0.15, 0.2) is 5.57 Å². The molecule has 1 amide bonds. The van der Waals surface area contributed by atoms with Crippen molar-refractivity contribution in [3.63, 3.8) is 0 Å². The normalized spacial score (nSPS) is 11.0. The molecule has 0 aliphatic rings. The topological polar surface area (TPSA) is 91.6 Å². The first-order valence-electron chi connectivity index (χ1n) is 7.02. The quantitative estimate of drug-likeness (QED) is 0.501. The van der Waals surface area contributed by atoms with Crippen LogP contribution in [0.1, 0.15) is 5.56 Å². The van der Waals surface area contributed by atoms with E-state index in [1.165, 1.54) is 14.2 Å². The van der Waals surface area contributed by atoms with Crippen LogP contribution in [0.15, 0.2) is 54.1 Å². The van der Waals surface area contributed by atoms with E-state index in [-0.39, 0.29) is 5.56 Å². The van der Waals surface area contributed by atoms with E-state index in [1.807, 2.05) is 0 Å². The van der Waals surface area contributed by atoms with Gasteiger partial charge in [0, 0.05) is 5.69 Å². The molecule has 0 fully saturated rings. The standard InChI is InChI=1S/C18H16N2O4/c1-23-13-9-7-12(8-10-13)20-18(22)15(11-19)17(21)14-5-3-4-6-16(14)24-2/h3-10,21H,1-2H3,(H,20,22)/b17-15-. The molecule has 0 spiro atoms. The van der Waals surface area contributed by atoms with Gasteiger partial charge in [-0.3, -0.25) is 4.79 Å². The number of anilines is 1. The minimum absolute atomic E-state index is 0.265. The highest BCUT2D eigenvalue weighted by atomic mass is 16.5. The zero-order chi connectivity index (χ0) is 17.5. The molecule has 2 rings (SSSR count).